The van der Waals surface area contributed by atoms with E-state index in [4.69, 9.17) is 14.2 Å². The third-order valence-electron chi connectivity index (χ3n) is 4.91. The summed E-state index contributed by atoms with van der Waals surface area (Å²) in [5.41, 5.74) is 6.31. The van der Waals surface area contributed by atoms with Crippen molar-refractivity contribution in [3.05, 3.63) is 52.6 Å². The van der Waals surface area contributed by atoms with Crippen LogP contribution in [0.1, 0.15) is 22.3 Å². The Bertz CT molecular complexity index is 826. The van der Waals surface area contributed by atoms with Crippen molar-refractivity contribution in [2.45, 2.75) is 13.0 Å². The molecule has 0 spiro atoms. The molecule has 4 heteroatoms. The molecule has 0 saturated heterocycles. The van der Waals surface area contributed by atoms with Crippen molar-refractivity contribution < 1.29 is 14.2 Å². The third-order valence-corrected chi connectivity index (χ3v) is 4.91. The van der Waals surface area contributed by atoms with Gasteiger partial charge in [-0.1, -0.05) is 6.07 Å². The highest BCUT2D eigenvalue weighted by Crippen LogP contribution is 2.42. The molecule has 124 valence electrons. The van der Waals surface area contributed by atoms with Crippen LogP contribution in [-0.2, 0) is 13.0 Å². The molecular weight excluding hydrogens is 302 g/mol. The van der Waals surface area contributed by atoms with E-state index in [1.807, 2.05) is 12.1 Å². The summed E-state index contributed by atoms with van der Waals surface area (Å²) in [5, 5.41) is 0. The molecule has 0 atom stereocenters. The van der Waals surface area contributed by atoms with Crippen LogP contribution >= 0.6 is 0 Å². The Hall–Kier alpha value is -2.62. The molecule has 0 N–H and O–H groups in total. The summed E-state index contributed by atoms with van der Waals surface area (Å²) in [6.45, 7) is 1.83. The van der Waals surface area contributed by atoms with E-state index in [1.165, 1.54) is 28.0 Å². The van der Waals surface area contributed by atoms with Gasteiger partial charge in [0.05, 0.1) is 21.3 Å². The summed E-state index contributed by atoms with van der Waals surface area (Å²) in [6, 6.07) is 10.4. The lowest BCUT2D eigenvalue weighted by molar-refractivity contribution is 0.334. The molecular formula is C20H21NO3. The van der Waals surface area contributed by atoms with Crippen LogP contribution in [0.25, 0.3) is 11.8 Å². The number of hydrogen-bond acceptors (Lipinski definition) is 4. The quantitative estimate of drug-likeness (QED) is 0.864. The summed E-state index contributed by atoms with van der Waals surface area (Å²) in [7, 11) is 5.10. The van der Waals surface area contributed by atoms with Gasteiger partial charge in [0.1, 0.15) is 5.75 Å². The zero-order valence-electron chi connectivity index (χ0n) is 14.3. The first kappa shape index (κ1) is 14.9. The molecule has 0 unspecified atom stereocenters. The van der Waals surface area contributed by atoms with Gasteiger partial charge in [-0.15, -0.1) is 0 Å². The standard InChI is InChI=1S/C20H21NO3/c1-22-15-5-6-16-14(10-15)8-9-21-12-17-13(11-18(16)21)4-7-19(23-2)20(17)24-3/h4-7,10-11H,8-9,12H2,1-3H3. The Kier molecular flexibility index (Phi) is 3.60. The van der Waals surface area contributed by atoms with E-state index in [0.717, 1.165) is 36.8 Å². The molecule has 4 nitrogen and oxygen atoms in total. The van der Waals surface area contributed by atoms with E-state index in [0.29, 0.717) is 0 Å². The molecule has 2 aliphatic heterocycles. The van der Waals surface area contributed by atoms with Crippen molar-refractivity contribution in [1.29, 1.82) is 0 Å². The number of methoxy groups -OCH3 is 3. The van der Waals surface area contributed by atoms with Crippen LogP contribution in [-0.4, -0.2) is 32.8 Å². The maximum Gasteiger partial charge on any atom is 0.166 e. The number of nitrogens with zero attached hydrogens (tertiary/aromatic N) is 1. The Morgan fingerprint density at radius 3 is 2.58 bits per heavy atom. The van der Waals surface area contributed by atoms with Crippen molar-refractivity contribution in [2.24, 2.45) is 0 Å². The number of ether oxygens (including phenoxy) is 3. The number of benzene rings is 2. The Morgan fingerprint density at radius 2 is 1.83 bits per heavy atom. The number of fused-ring (bicyclic) bond motifs is 4. The predicted octanol–water partition coefficient (Wildman–Crippen LogP) is 3.58. The molecule has 0 aromatic heterocycles. The van der Waals surface area contributed by atoms with Crippen LogP contribution < -0.4 is 14.2 Å². The molecule has 0 aliphatic carbocycles. The third kappa shape index (κ3) is 2.21. The first-order valence-electron chi connectivity index (χ1n) is 8.13. The SMILES string of the molecule is COc1ccc2c(c1)CCN1Cc3c(ccc(OC)c3OC)C=C21. The van der Waals surface area contributed by atoms with Gasteiger partial charge < -0.3 is 19.1 Å². The first-order valence-corrected chi connectivity index (χ1v) is 8.13. The van der Waals surface area contributed by atoms with Crippen LogP contribution in [0.2, 0.25) is 0 Å². The molecule has 0 saturated carbocycles. The van der Waals surface area contributed by atoms with Crippen LogP contribution in [0.3, 0.4) is 0 Å². The number of hydrogen-bond donors (Lipinski definition) is 0. The minimum Gasteiger partial charge on any atom is -0.497 e. The summed E-state index contributed by atoms with van der Waals surface area (Å²) in [6.07, 6.45) is 3.27. The second-order valence-corrected chi connectivity index (χ2v) is 6.09. The largest absolute Gasteiger partial charge is 0.497 e. The molecule has 0 bridgehead atoms. The van der Waals surface area contributed by atoms with Crippen molar-refractivity contribution in [3.63, 3.8) is 0 Å². The van der Waals surface area contributed by atoms with E-state index in [-0.39, 0.29) is 0 Å². The van der Waals surface area contributed by atoms with Gasteiger partial charge in [-0.2, -0.15) is 0 Å². The van der Waals surface area contributed by atoms with Crippen molar-refractivity contribution in [2.75, 3.05) is 27.9 Å². The highest BCUT2D eigenvalue weighted by Gasteiger charge is 2.28. The lowest BCUT2D eigenvalue weighted by Gasteiger charge is -2.37. The fourth-order valence-corrected chi connectivity index (χ4v) is 3.68. The molecule has 2 aliphatic rings. The van der Waals surface area contributed by atoms with Crippen molar-refractivity contribution in [1.82, 2.24) is 4.90 Å². The lowest BCUT2D eigenvalue weighted by atomic mass is 9.90. The highest BCUT2D eigenvalue weighted by atomic mass is 16.5. The van der Waals surface area contributed by atoms with Gasteiger partial charge in [-0.3, -0.25) is 0 Å². The predicted molar refractivity (Wildman–Crippen MR) is 94.5 cm³/mol. The molecule has 0 fully saturated rings. The van der Waals surface area contributed by atoms with E-state index < -0.39 is 0 Å². The maximum absolute atomic E-state index is 5.62. The molecule has 0 amide bonds. The highest BCUT2D eigenvalue weighted by molar-refractivity contribution is 5.86. The summed E-state index contributed by atoms with van der Waals surface area (Å²) >= 11 is 0. The smallest absolute Gasteiger partial charge is 0.166 e. The van der Waals surface area contributed by atoms with E-state index >= 15 is 0 Å². The van der Waals surface area contributed by atoms with Gasteiger partial charge in [0.15, 0.2) is 11.5 Å². The maximum atomic E-state index is 5.62. The normalized spacial score (nSPS) is 15.0. The van der Waals surface area contributed by atoms with Gasteiger partial charge in [0, 0.05) is 29.9 Å². The van der Waals surface area contributed by atoms with Crippen molar-refractivity contribution >= 4 is 11.8 Å². The van der Waals surface area contributed by atoms with Crippen LogP contribution in [0.4, 0.5) is 0 Å². The Labute approximate surface area is 142 Å². The van der Waals surface area contributed by atoms with Crippen molar-refractivity contribution in [3.8, 4) is 17.2 Å². The zero-order valence-corrected chi connectivity index (χ0v) is 14.3. The molecule has 24 heavy (non-hydrogen) atoms. The average Bonchev–Trinajstić information content (AvgIpc) is 2.64. The second kappa shape index (κ2) is 5.78. The van der Waals surface area contributed by atoms with Gasteiger partial charge in [-0.05, 0) is 47.9 Å². The molecule has 0 radical (unpaired) electrons. The molecule has 2 aromatic carbocycles. The topological polar surface area (TPSA) is 30.9 Å². The number of rotatable bonds is 3. The van der Waals surface area contributed by atoms with Crippen LogP contribution in [0.15, 0.2) is 30.3 Å². The van der Waals surface area contributed by atoms with Crippen LogP contribution in [0, 0.1) is 0 Å². The Balaban J connectivity index is 1.84. The minimum absolute atomic E-state index is 0.787. The monoisotopic (exact) mass is 323 g/mol. The molecule has 2 heterocycles. The molecule has 2 aromatic rings. The first-order chi connectivity index (χ1) is 11.7. The fourth-order valence-electron chi connectivity index (χ4n) is 3.68. The average molecular weight is 323 g/mol. The fraction of sp³-hybridized carbons (Fsp3) is 0.300. The van der Waals surface area contributed by atoms with Gasteiger partial charge >= 0.3 is 0 Å². The van der Waals surface area contributed by atoms with Gasteiger partial charge in [0.2, 0.25) is 0 Å². The van der Waals surface area contributed by atoms with E-state index in [2.05, 4.69) is 29.2 Å². The van der Waals surface area contributed by atoms with Crippen LogP contribution in [0.5, 0.6) is 17.2 Å². The van der Waals surface area contributed by atoms with E-state index in [9.17, 15) is 0 Å². The van der Waals surface area contributed by atoms with Gasteiger partial charge in [-0.25, -0.2) is 0 Å². The van der Waals surface area contributed by atoms with Gasteiger partial charge in [0.25, 0.3) is 0 Å². The lowest BCUT2D eigenvalue weighted by Crippen LogP contribution is -2.31. The Morgan fingerprint density at radius 1 is 0.958 bits per heavy atom. The zero-order chi connectivity index (χ0) is 16.7. The minimum atomic E-state index is 0.787. The summed E-state index contributed by atoms with van der Waals surface area (Å²) in [5.74, 6) is 2.55. The molecule has 4 rings (SSSR count). The van der Waals surface area contributed by atoms with E-state index in [1.54, 1.807) is 21.3 Å². The summed E-state index contributed by atoms with van der Waals surface area (Å²) < 4.78 is 16.4. The second-order valence-electron chi connectivity index (χ2n) is 6.09. The summed E-state index contributed by atoms with van der Waals surface area (Å²) in [4.78, 5) is 2.42.